The normalized spacial score (nSPS) is 32.6. The van der Waals surface area contributed by atoms with E-state index in [-0.39, 0.29) is 0 Å². The van der Waals surface area contributed by atoms with Crippen molar-refractivity contribution in [3.63, 3.8) is 0 Å². The van der Waals surface area contributed by atoms with Gasteiger partial charge in [0.15, 0.2) is 0 Å². The minimum absolute atomic E-state index is 0.648. The van der Waals surface area contributed by atoms with Crippen LogP contribution in [0.25, 0.3) is 0 Å². The smallest absolute Gasteiger partial charge is 0.141 e. The summed E-state index contributed by atoms with van der Waals surface area (Å²) >= 11 is 0. The molecule has 2 heteroatoms. The molecule has 2 atom stereocenters. The summed E-state index contributed by atoms with van der Waals surface area (Å²) in [7, 11) is 0. The van der Waals surface area contributed by atoms with Crippen LogP contribution in [0.5, 0.6) is 0 Å². The quantitative estimate of drug-likeness (QED) is 0.693. The Morgan fingerprint density at radius 1 is 1.21 bits per heavy atom. The molecule has 2 rings (SSSR count). The van der Waals surface area contributed by atoms with Crippen LogP contribution in [0, 0.1) is 11.3 Å². The van der Waals surface area contributed by atoms with Crippen LogP contribution in [-0.2, 0) is 5.11 Å². The van der Waals surface area contributed by atoms with Crippen molar-refractivity contribution in [1.29, 1.82) is 0 Å². The zero-order valence-corrected chi connectivity index (χ0v) is 9.00. The summed E-state index contributed by atoms with van der Waals surface area (Å²) in [5, 5.41) is 10.9. The molecule has 2 saturated carbocycles. The Bertz CT molecular complexity index is 179. The summed E-state index contributed by atoms with van der Waals surface area (Å²) in [6, 6.07) is 0. The van der Waals surface area contributed by atoms with E-state index in [9.17, 15) is 5.11 Å². The molecule has 81 valence electrons. The fourth-order valence-electron chi connectivity index (χ4n) is 3.76. The molecule has 2 N–H and O–H groups in total. The van der Waals surface area contributed by atoms with Crippen molar-refractivity contribution in [1.82, 2.24) is 0 Å². The van der Waals surface area contributed by atoms with Gasteiger partial charge < -0.3 is 5.73 Å². The van der Waals surface area contributed by atoms with Crippen molar-refractivity contribution in [3.05, 3.63) is 0 Å². The molecule has 1 radical (unpaired) electrons. The number of rotatable bonds is 3. The van der Waals surface area contributed by atoms with Crippen LogP contribution in [0.1, 0.15) is 57.8 Å². The average molecular weight is 196 g/mol. The summed E-state index contributed by atoms with van der Waals surface area (Å²) in [5.74, 6) is 0.824. The fraction of sp³-hybridized carbons (Fsp3) is 1.00. The zero-order valence-electron chi connectivity index (χ0n) is 9.00. The second-order valence-electron chi connectivity index (χ2n) is 5.27. The standard InChI is InChI=1S/C12H22NO/c13-11(14)6-5-10-4-3-9-12(10)7-1-2-8-12/h10-11H,1-9,13H2. The minimum Gasteiger partial charge on any atom is -0.303 e. The van der Waals surface area contributed by atoms with Crippen LogP contribution < -0.4 is 5.73 Å². The number of hydrogen-bond acceptors (Lipinski definition) is 1. The molecule has 14 heavy (non-hydrogen) atoms. The molecule has 2 unspecified atom stereocenters. The van der Waals surface area contributed by atoms with Crippen LogP contribution in [-0.4, -0.2) is 6.23 Å². The maximum atomic E-state index is 10.9. The highest BCUT2D eigenvalue weighted by molar-refractivity contribution is 4.94. The highest BCUT2D eigenvalue weighted by Gasteiger charge is 2.43. The number of hydrogen-bond donors (Lipinski definition) is 1. The molecule has 2 nitrogen and oxygen atoms in total. The second kappa shape index (κ2) is 4.19. The van der Waals surface area contributed by atoms with E-state index in [1.165, 1.54) is 44.9 Å². The summed E-state index contributed by atoms with van der Waals surface area (Å²) < 4.78 is 0. The molecular formula is C12H22NO. The van der Waals surface area contributed by atoms with Gasteiger partial charge in [-0.25, -0.2) is 5.11 Å². The SMILES string of the molecule is NC([O])CCC1CCCC12CCCC2. The van der Waals surface area contributed by atoms with Crippen LogP contribution >= 0.6 is 0 Å². The maximum Gasteiger partial charge on any atom is 0.141 e. The van der Waals surface area contributed by atoms with Crippen molar-refractivity contribution in [2.45, 2.75) is 64.0 Å². The third kappa shape index (κ3) is 1.96. The van der Waals surface area contributed by atoms with Gasteiger partial charge in [-0.15, -0.1) is 0 Å². The lowest BCUT2D eigenvalue weighted by molar-refractivity contribution is 0.0712. The van der Waals surface area contributed by atoms with Gasteiger partial charge in [-0.3, -0.25) is 0 Å². The van der Waals surface area contributed by atoms with E-state index < -0.39 is 6.23 Å². The molecule has 0 amide bonds. The van der Waals surface area contributed by atoms with Crippen LogP contribution in [0.3, 0.4) is 0 Å². The molecule has 0 heterocycles. The summed E-state index contributed by atoms with van der Waals surface area (Å²) in [6.07, 6.45) is 10.8. The minimum atomic E-state index is -0.839. The zero-order chi connectivity index (χ0) is 10.0. The molecule has 0 bridgehead atoms. The first-order valence-corrected chi connectivity index (χ1v) is 6.14. The predicted molar refractivity (Wildman–Crippen MR) is 56.1 cm³/mol. The third-order valence-electron chi connectivity index (χ3n) is 4.49. The van der Waals surface area contributed by atoms with E-state index in [2.05, 4.69) is 0 Å². The second-order valence-corrected chi connectivity index (χ2v) is 5.27. The highest BCUT2D eigenvalue weighted by Crippen LogP contribution is 2.55. The monoisotopic (exact) mass is 196 g/mol. The van der Waals surface area contributed by atoms with Crippen molar-refractivity contribution < 1.29 is 5.11 Å². The van der Waals surface area contributed by atoms with Crippen LogP contribution in [0.4, 0.5) is 0 Å². The molecule has 0 aromatic carbocycles. The lowest BCUT2D eigenvalue weighted by Gasteiger charge is -2.31. The Labute approximate surface area is 86.9 Å². The first-order chi connectivity index (χ1) is 6.73. The van der Waals surface area contributed by atoms with Gasteiger partial charge >= 0.3 is 0 Å². The lowest BCUT2D eigenvalue weighted by atomic mass is 9.74. The predicted octanol–water partition coefficient (Wildman–Crippen LogP) is 2.84. The van der Waals surface area contributed by atoms with Crippen molar-refractivity contribution in [3.8, 4) is 0 Å². The van der Waals surface area contributed by atoms with Crippen LogP contribution in [0.15, 0.2) is 0 Å². The van der Waals surface area contributed by atoms with E-state index in [1.807, 2.05) is 0 Å². The molecule has 0 aromatic rings. The highest BCUT2D eigenvalue weighted by atomic mass is 16.3. The van der Waals surface area contributed by atoms with Gasteiger partial charge in [-0.05, 0) is 49.9 Å². The largest absolute Gasteiger partial charge is 0.303 e. The van der Waals surface area contributed by atoms with Gasteiger partial charge in [0.25, 0.3) is 0 Å². The molecule has 0 aromatic heterocycles. The Morgan fingerprint density at radius 2 is 1.86 bits per heavy atom. The van der Waals surface area contributed by atoms with Crippen molar-refractivity contribution in [2.75, 3.05) is 0 Å². The Kier molecular flexibility index (Phi) is 3.13. The molecule has 2 aliphatic rings. The van der Waals surface area contributed by atoms with E-state index in [0.29, 0.717) is 11.8 Å². The first-order valence-electron chi connectivity index (χ1n) is 6.14. The lowest BCUT2D eigenvalue weighted by Crippen LogP contribution is -2.25. The Hall–Kier alpha value is -0.0800. The van der Waals surface area contributed by atoms with Crippen molar-refractivity contribution >= 4 is 0 Å². The van der Waals surface area contributed by atoms with Gasteiger partial charge in [0.1, 0.15) is 6.23 Å². The average Bonchev–Trinajstić information content (AvgIpc) is 2.74. The van der Waals surface area contributed by atoms with E-state index in [1.54, 1.807) is 0 Å². The molecule has 0 saturated heterocycles. The molecule has 1 spiro atoms. The van der Waals surface area contributed by atoms with Gasteiger partial charge in [-0.2, -0.15) is 0 Å². The van der Waals surface area contributed by atoms with E-state index in [4.69, 9.17) is 5.73 Å². The van der Waals surface area contributed by atoms with Crippen molar-refractivity contribution in [2.24, 2.45) is 17.1 Å². The first kappa shape index (κ1) is 10.4. The Morgan fingerprint density at radius 3 is 2.50 bits per heavy atom. The van der Waals surface area contributed by atoms with Gasteiger partial charge in [0.2, 0.25) is 0 Å². The molecule has 0 aliphatic heterocycles. The Balaban J connectivity index is 1.90. The number of nitrogens with two attached hydrogens (primary N) is 1. The van der Waals surface area contributed by atoms with Gasteiger partial charge in [0, 0.05) is 0 Å². The van der Waals surface area contributed by atoms with E-state index >= 15 is 0 Å². The maximum absolute atomic E-state index is 10.9. The summed E-state index contributed by atoms with van der Waals surface area (Å²) in [5.41, 5.74) is 5.95. The summed E-state index contributed by atoms with van der Waals surface area (Å²) in [4.78, 5) is 0. The molecular weight excluding hydrogens is 174 g/mol. The van der Waals surface area contributed by atoms with Gasteiger partial charge in [-0.1, -0.05) is 19.3 Å². The molecule has 2 fully saturated rings. The third-order valence-corrected chi connectivity index (χ3v) is 4.49. The fourth-order valence-corrected chi connectivity index (χ4v) is 3.76. The van der Waals surface area contributed by atoms with E-state index in [0.717, 1.165) is 12.3 Å². The van der Waals surface area contributed by atoms with Gasteiger partial charge in [0.05, 0.1) is 0 Å². The topological polar surface area (TPSA) is 45.9 Å². The van der Waals surface area contributed by atoms with Crippen LogP contribution in [0.2, 0.25) is 0 Å². The summed E-state index contributed by atoms with van der Waals surface area (Å²) in [6.45, 7) is 0. The molecule has 2 aliphatic carbocycles.